The van der Waals surface area contributed by atoms with Gasteiger partial charge in [0.25, 0.3) is 5.91 Å². The molecule has 3 rings (SSSR count). The molecule has 8 heteroatoms. The van der Waals surface area contributed by atoms with Gasteiger partial charge in [-0.15, -0.1) is 0 Å². The topological polar surface area (TPSA) is 88.2 Å². The van der Waals surface area contributed by atoms with Crippen molar-refractivity contribution in [2.75, 3.05) is 24.5 Å². The summed E-state index contributed by atoms with van der Waals surface area (Å²) in [4.78, 5) is 40.4. The number of carbonyl (C=O) groups excluding carboxylic acids is 3. The van der Waals surface area contributed by atoms with Gasteiger partial charge in [-0.1, -0.05) is 12.1 Å². The van der Waals surface area contributed by atoms with Crippen molar-refractivity contribution in [2.45, 2.75) is 64.7 Å². The molecule has 3 amide bonds. The molecule has 0 bridgehead atoms. The number of ether oxygens (including phenoxy) is 2. The number of rotatable bonds is 4. The molecular formula is C22H31N3O5. The maximum absolute atomic E-state index is 12.5. The Labute approximate surface area is 177 Å². The number of nitrogens with zero attached hydrogens (tertiary/aromatic N) is 2. The lowest BCUT2D eigenvalue weighted by Gasteiger charge is -2.34. The van der Waals surface area contributed by atoms with Crippen molar-refractivity contribution in [2.24, 2.45) is 0 Å². The van der Waals surface area contributed by atoms with E-state index in [9.17, 15) is 14.4 Å². The molecule has 1 atom stereocenters. The highest BCUT2D eigenvalue weighted by molar-refractivity contribution is 6.00. The van der Waals surface area contributed by atoms with Crippen LogP contribution in [0.3, 0.4) is 0 Å². The summed E-state index contributed by atoms with van der Waals surface area (Å²) in [7, 11) is 0. The quantitative estimate of drug-likeness (QED) is 0.814. The van der Waals surface area contributed by atoms with Crippen molar-refractivity contribution in [3.63, 3.8) is 0 Å². The molecule has 0 aliphatic carbocycles. The summed E-state index contributed by atoms with van der Waals surface area (Å²) in [6, 6.07) is 7.36. The molecule has 1 unspecified atom stereocenters. The summed E-state index contributed by atoms with van der Waals surface area (Å²) >= 11 is 0. The van der Waals surface area contributed by atoms with Gasteiger partial charge in [0, 0.05) is 32.1 Å². The van der Waals surface area contributed by atoms with Crippen LogP contribution < -0.4 is 15.0 Å². The van der Waals surface area contributed by atoms with E-state index >= 15 is 0 Å². The van der Waals surface area contributed by atoms with Gasteiger partial charge < -0.3 is 24.6 Å². The van der Waals surface area contributed by atoms with Crippen molar-refractivity contribution >= 4 is 23.6 Å². The van der Waals surface area contributed by atoms with Crippen LogP contribution in [0.25, 0.3) is 0 Å². The first kappa shape index (κ1) is 21.9. The van der Waals surface area contributed by atoms with Gasteiger partial charge in [0.2, 0.25) is 5.91 Å². The number of piperidine rings is 1. The Bertz CT molecular complexity index is 796. The zero-order chi connectivity index (χ0) is 21.9. The van der Waals surface area contributed by atoms with Gasteiger partial charge >= 0.3 is 6.09 Å². The fourth-order valence-corrected chi connectivity index (χ4v) is 3.64. The second-order valence-corrected chi connectivity index (χ2v) is 8.78. The second kappa shape index (κ2) is 8.93. The fourth-order valence-electron chi connectivity index (χ4n) is 3.64. The van der Waals surface area contributed by atoms with Crippen molar-refractivity contribution in [3.05, 3.63) is 24.3 Å². The zero-order valence-corrected chi connectivity index (χ0v) is 18.1. The summed E-state index contributed by atoms with van der Waals surface area (Å²) in [5.74, 6) is 0.404. The van der Waals surface area contributed by atoms with E-state index < -0.39 is 11.7 Å². The van der Waals surface area contributed by atoms with Gasteiger partial charge in [0.15, 0.2) is 6.10 Å². The Balaban J connectivity index is 1.47. The van der Waals surface area contributed by atoms with Crippen LogP contribution in [0.1, 0.15) is 47.0 Å². The highest BCUT2D eigenvalue weighted by Crippen LogP contribution is 2.33. The molecule has 2 aliphatic rings. The van der Waals surface area contributed by atoms with Crippen LogP contribution in [-0.2, 0) is 14.3 Å². The molecule has 8 nitrogen and oxygen atoms in total. The first-order chi connectivity index (χ1) is 14.1. The number of carbonyl (C=O) groups is 3. The maximum atomic E-state index is 12.5. The Hall–Kier alpha value is -2.77. The number of likely N-dealkylation sites (tertiary alicyclic amines) is 1. The predicted molar refractivity (Wildman–Crippen MR) is 112 cm³/mol. The number of anilines is 1. The van der Waals surface area contributed by atoms with E-state index in [-0.39, 0.29) is 30.4 Å². The van der Waals surface area contributed by atoms with Crippen molar-refractivity contribution in [3.8, 4) is 5.75 Å². The van der Waals surface area contributed by atoms with E-state index in [0.717, 1.165) is 0 Å². The smallest absolute Gasteiger partial charge is 0.410 e. The number of hydrogen-bond acceptors (Lipinski definition) is 5. The third-order valence-corrected chi connectivity index (χ3v) is 5.15. The average molecular weight is 418 g/mol. The Morgan fingerprint density at radius 3 is 2.53 bits per heavy atom. The first-order valence-corrected chi connectivity index (χ1v) is 10.5. The van der Waals surface area contributed by atoms with E-state index in [1.807, 2.05) is 45.0 Å². The number of nitrogens with one attached hydrogen (secondary N) is 1. The number of para-hydroxylation sites is 2. The number of amides is 3. The van der Waals surface area contributed by atoms with Gasteiger partial charge in [0.1, 0.15) is 11.4 Å². The molecule has 1 saturated heterocycles. The van der Waals surface area contributed by atoms with Gasteiger partial charge in [-0.25, -0.2) is 4.79 Å². The van der Waals surface area contributed by atoms with Crippen molar-refractivity contribution in [1.82, 2.24) is 10.2 Å². The minimum absolute atomic E-state index is 0.0165. The molecule has 0 saturated carbocycles. The molecule has 1 aromatic rings. The average Bonchev–Trinajstić information content (AvgIpc) is 2.67. The maximum Gasteiger partial charge on any atom is 0.410 e. The number of fused-ring (bicyclic) bond motifs is 1. The number of benzene rings is 1. The van der Waals surface area contributed by atoms with Crippen LogP contribution in [0.5, 0.6) is 5.75 Å². The monoisotopic (exact) mass is 417 g/mol. The molecule has 1 aromatic carbocycles. The molecule has 2 aliphatic heterocycles. The van der Waals surface area contributed by atoms with E-state index in [4.69, 9.17) is 9.47 Å². The van der Waals surface area contributed by atoms with E-state index in [1.165, 1.54) is 0 Å². The lowest BCUT2D eigenvalue weighted by atomic mass is 10.1. The van der Waals surface area contributed by atoms with Crippen LogP contribution in [0.15, 0.2) is 24.3 Å². The van der Waals surface area contributed by atoms with Crippen molar-refractivity contribution < 1.29 is 23.9 Å². The van der Waals surface area contributed by atoms with Gasteiger partial charge in [-0.05, 0) is 52.7 Å². The van der Waals surface area contributed by atoms with E-state index in [1.54, 1.807) is 16.7 Å². The molecular weight excluding hydrogens is 386 g/mol. The molecule has 0 spiro atoms. The highest BCUT2D eigenvalue weighted by atomic mass is 16.6. The minimum Gasteiger partial charge on any atom is -0.479 e. The summed E-state index contributed by atoms with van der Waals surface area (Å²) < 4.78 is 11.0. The molecule has 1 N–H and O–H groups in total. The van der Waals surface area contributed by atoms with Gasteiger partial charge in [-0.3, -0.25) is 9.59 Å². The Morgan fingerprint density at radius 2 is 1.87 bits per heavy atom. The normalized spacial score (nSPS) is 19.7. The molecule has 0 aromatic heterocycles. The lowest BCUT2D eigenvalue weighted by molar-refractivity contribution is -0.125. The first-order valence-electron chi connectivity index (χ1n) is 10.5. The summed E-state index contributed by atoms with van der Waals surface area (Å²) in [6.45, 7) is 8.64. The standard InChI is InChI=1S/C22H31N3O5/c1-15-20(27)25(17-7-5-6-8-18(17)29-15)14-11-19(26)23-16-9-12-24(13-10-16)21(28)30-22(2,3)4/h5-8,15-16H,9-14H2,1-4H3,(H,23,26). The van der Waals surface area contributed by atoms with E-state index in [0.29, 0.717) is 43.9 Å². The minimum atomic E-state index is -0.569. The van der Waals surface area contributed by atoms with Crippen LogP contribution in [0.4, 0.5) is 10.5 Å². The summed E-state index contributed by atoms with van der Waals surface area (Å²) in [5.41, 5.74) is 0.175. The molecule has 164 valence electrons. The molecule has 2 heterocycles. The Kier molecular flexibility index (Phi) is 6.53. The molecule has 0 radical (unpaired) electrons. The highest BCUT2D eigenvalue weighted by Gasteiger charge is 2.32. The lowest BCUT2D eigenvalue weighted by Crippen LogP contribution is -2.49. The van der Waals surface area contributed by atoms with Crippen LogP contribution >= 0.6 is 0 Å². The summed E-state index contributed by atoms with van der Waals surface area (Å²) in [5, 5.41) is 3.03. The van der Waals surface area contributed by atoms with Gasteiger partial charge in [-0.2, -0.15) is 0 Å². The molecule has 30 heavy (non-hydrogen) atoms. The molecule has 1 fully saturated rings. The number of hydrogen-bond donors (Lipinski definition) is 1. The van der Waals surface area contributed by atoms with E-state index in [2.05, 4.69) is 5.32 Å². The van der Waals surface area contributed by atoms with Gasteiger partial charge in [0.05, 0.1) is 5.69 Å². The second-order valence-electron chi connectivity index (χ2n) is 8.78. The third-order valence-electron chi connectivity index (χ3n) is 5.15. The SMILES string of the molecule is CC1Oc2ccccc2N(CCC(=O)NC2CCN(C(=O)OC(C)(C)C)CC2)C1=O. The fraction of sp³-hybridized carbons (Fsp3) is 0.591. The summed E-state index contributed by atoms with van der Waals surface area (Å²) in [6.07, 6.45) is 0.688. The van der Waals surface area contributed by atoms with Crippen molar-refractivity contribution in [1.29, 1.82) is 0 Å². The largest absolute Gasteiger partial charge is 0.479 e. The Morgan fingerprint density at radius 1 is 1.20 bits per heavy atom. The predicted octanol–water partition coefficient (Wildman–Crippen LogP) is 2.71. The zero-order valence-electron chi connectivity index (χ0n) is 18.1. The van der Waals surface area contributed by atoms with Crippen LogP contribution in [0.2, 0.25) is 0 Å². The van der Waals surface area contributed by atoms with Crippen LogP contribution in [-0.4, -0.2) is 60.2 Å². The van der Waals surface area contributed by atoms with Crippen LogP contribution in [0, 0.1) is 0 Å². The third kappa shape index (κ3) is 5.43.